The molecule has 0 fully saturated rings. The minimum Gasteiger partial charge on any atom is -0.301 e. The van der Waals surface area contributed by atoms with Gasteiger partial charge in [-0.15, -0.1) is 0 Å². The number of aromatic nitrogens is 3. The molecule has 4 heterocycles. The van der Waals surface area contributed by atoms with Crippen molar-refractivity contribution in [3.8, 4) is 0 Å². The first-order chi connectivity index (χ1) is 10.9. The highest BCUT2D eigenvalue weighted by atomic mass is 15.5. The molecule has 1 aromatic carbocycles. The molecule has 0 saturated carbocycles. The average Bonchev–Trinajstić information content (AvgIpc) is 3.10. The Morgan fingerprint density at radius 3 is 2.36 bits per heavy atom. The monoisotopic (exact) mass is 287 g/mol. The highest BCUT2D eigenvalue weighted by molar-refractivity contribution is 5.85. The molecule has 5 nitrogen and oxygen atoms in total. The van der Waals surface area contributed by atoms with Crippen LogP contribution in [-0.2, 0) is 6.42 Å². The highest BCUT2D eigenvalue weighted by Crippen LogP contribution is 2.49. The van der Waals surface area contributed by atoms with Gasteiger partial charge in [-0.3, -0.25) is 4.90 Å². The second kappa shape index (κ2) is 4.27. The van der Waals surface area contributed by atoms with E-state index >= 15 is 0 Å². The molecule has 3 aromatic rings. The molecule has 5 heteroatoms. The van der Waals surface area contributed by atoms with E-state index in [4.69, 9.17) is 0 Å². The van der Waals surface area contributed by atoms with Gasteiger partial charge in [0.15, 0.2) is 11.6 Å². The van der Waals surface area contributed by atoms with Crippen LogP contribution in [0.25, 0.3) is 0 Å². The van der Waals surface area contributed by atoms with Crippen molar-refractivity contribution >= 4 is 23.1 Å². The summed E-state index contributed by atoms with van der Waals surface area (Å²) in [4.78, 5) is 18.1. The smallest absolute Gasteiger partial charge is 0.179 e. The maximum absolute atomic E-state index is 4.57. The molecule has 0 aliphatic carbocycles. The van der Waals surface area contributed by atoms with Crippen LogP contribution in [0.1, 0.15) is 5.56 Å². The minimum atomic E-state index is 0.157. The maximum Gasteiger partial charge on any atom is 0.179 e. The normalized spacial score (nSPS) is 18.1. The summed E-state index contributed by atoms with van der Waals surface area (Å²) in [7, 11) is 0. The van der Waals surface area contributed by atoms with E-state index in [0.717, 1.165) is 23.9 Å². The second-order valence-electron chi connectivity index (χ2n) is 5.44. The Morgan fingerprint density at radius 1 is 0.773 bits per heavy atom. The van der Waals surface area contributed by atoms with Crippen LogP contribution >= 0.6 is 0 Å². The van der Waals surface area contributed by atoms with E-state index in [9.17, 15) is 0 Å². The van der Waals surface area contributed by atoms with Crippen molar-refractivity contribution in [3.63, 3.8) is 0 Å². The van der Waals surface area contributed by atoms with Crippen LogP contribution in [0.3, 0.4) is 0 Å². The summed E-state index contributed by atoms with van der Waals surface area (Å²) in [5.74, 6) is 2.69. The topological polar surface area (TPSA) is 45.2 Å². The van der Waals surface area contributed by atoms with E-state index in [1.807, 2.05) is 24.4 Å². The molecule has 2 aromatic heterocycles. The molecule has 0 bridgehead atoms. The van der Waals surface area contributed by atoms with Crippen molar-refractivity contribution in [2.45, 2.75) is 12.6 Å². The Labute approximate surface area is 127 Å². The molecule has 0 amide bonds. The van der Waals surface area contributed by atoms with Gasteiger partial charge >= 0.3 is 0 Å². The lowest BCUT2D eigenvalue weighted by atomic mass is 10.1. The van der Waals surface area contributed by atoms with Crippen LogP contribution in [-0.4, -0.2) is 21.1 Å². The van der Waals surface area contributed by atoms with Crippen molar-refractivity contribution in [2.24, 2.45) is 0 Å². The largest absolute Gasteiger partial charge is 0.301 e. The van der Waals surface area contributed by atoms with Crippen molar-refractivity contribution in [1.82, 2.24) is 15.0 Å². The van der Waals surface area contributed by atoms with Gasteiger partial charge in [-0.2, -0.15) is 0 Å². The molecule has 22 heavy (non-hydrogen) atoms. The number of hydrogen-bond donors (Lipinski definition) is 0. The zero-order chi connectivity index (χ0) is 14.5. The van der Waals surface area contributed by atoms with E-state index in [2.05, 4.69) is 49.0 Å². The van der Waals surface area contributed by atoms with Gasteiger partial charge in [0.05, 0.1) is 0 Å². The van der Waals surface area contributed by atoms with E-state index in [1.165, 1.54) is 11.3 Å². The lowest BCUT2D eigenvalue weighted by Crippen LogP contribution is -2.36. The maximum atomic E-state index is 4.57. The molecular weight excluding hydrogens is 274 g/mol. The number of anilines is 4. The summed E-state index contributed by atoms with van der Waals surface area (Å²) in [6.07, 6.45) is 6.40. The molecule has 2 aliphatic heterocycles. The zero-order valence-electron chi connectivity index (χ0n) is 11.8. The first kappa shape index (κ1) is 11.7. The van der Waals surface area contributed by atoms with Crippen molar-refractivity contribution in [1.29, 1.82) is 0 Å². The number of rotatable bonds is 1. The average molecular weight is 287 g/mol. The number of fused-ring (bicyclic) bond motifs is 5. The molecule has 0 radical (unpaired) electrons. The molecular formula is C17H13N5. The van der Waals surface area contributed by atoms with E-state index in [0.29, 0.717) is 0 Å². The predicted octanol–water partition coefficient (Wildman–Crippen LogP) is 3.04. The molecule has 5 rings (SSSR count). The Balaban J connectivity index is 1.73. The third kappa shape index (κ3) is 1.45. The van der Waals surface area contributed by atoms with Crippen molar-refractivity contribution < 1.29 is 0 Å². The summed E-state index contributed by atoms with van der Waals surface area (Å²) in [6, 6.07) is 14.4. The van der Waals surface area contributed by atoms with E-state index < -0.39 is 0 Å². The van der Waals surface area contributed by atoms with Gasteiger partial charge in [-0.25, -0.2) is 15.0 Å². The second-order valence-corrected chi connectivity index (χ2v) is 5.44. The van der Waals surface area contributed by atoms with Gasteiger partial charge in [-0.05, 0) is 23.8 Å². The fourth-order valence-electron chi connectivity index (χ4n) is 3.39. The minimum absolute atomic E-state index is 0.157. The fraction of sp³-hybridized carbons (Fsp3) is 0.118. The number of nitrogens with zero attached hydrogens (tertiary/aromatic N) is 5. The lowest BCUT2D eigenvalue weighted by Gasteiger charge is -2.25. The van der Waals surface area contributed by atoms with Crippen LogP contribution in [0.15, 0.2) is 61.1 Å². The Bertz CT molecular complexity index is 833. The molecule has 1 unspecified atom stereocenters. The van der Waals surface area contributed by atoms with Crippen LogP contribution in [0, 0.1) is 0 Å². The molecule has 0 N–H and O–H groups in total. The highest BCUT2D eigenvalue weighted by Gasteiger charge is 2.45. The standard InChI is InChI=1S/C17H13N5/c1-2-6-13-12(5-1)11-15-21(13)16-17(20-10-9-19-16)22(15)14-7-3-4-8-18-14/h1-10,15H,11H2. The molecule has 0 spiro atoms. The molecule has 1 atom stereocenters. The van der Waals surface area contributed by atoms with Gasteiger partial charge in [0.25, 0.3) is 0 Å². The number of hydrogen-bond acceptors (Lipinski definition) is 5. The molecule has 106 valence electrons. The van der Waals surface area contributed by atoms with Gasteiger partial charge in [-0.1, -0.05) is 24.3 Å². The van der Waals surface area contributed by atoms with Crippen molar-refractivity contribution in [3.05, 3.63) is 66.6 Å². The summed E-state index contributed by atoms with van der Waals surface area (Å²) in [6.45, 7) is 0. The third-order valence-electron chi connectivity index (χ3n) is 4.26. The summed E-state index contributed by atoms with van der Waals surface area (Å²) in [5, 5.41) is 0. The third-order valence-corrected chi connectivity index (χ3v) is 4.26. The quantitative estimate of drug-likeness (QED) is 0.688. The number of pyridine rings is 1. The number of benzene rings is 1. The first-order valence-corrected chi connectivity index (χ1v) is 7.32. The van der Waals surface area contributed by atoms with E-state index in [1.54, 1.807) is 12.4 Å². The van der Waals surface area contributed by atoms with E-state index in [-0.39, 0.29) is 6.17 Å². The van der Waals surface area contributed by atoms with Gasteiger partial charge in [0.1, 0.15) is 12.0 Å². The Kier molecular flexibility index (Phi) is 2.27. The Morgan fingerprint density at radius 2 is 1.55 bits per heavy atom. The van der Waals surface area contributed by atoms with Crippen LogP contribution in [0.5, 0.6) is 0 Å². The van der Waals surface area contributed by atoms with Crippen LogP contribution in [0.4, 0.5) is 23.1 Å². The first-order valence-electron chi connectivity index (χ1n) is 7.32. The Hall–Kier alpha value is -2.95. The molecule has 0 saturated heterocycles. The summed E-state index contributed by atoms with van der Waals surface area (Å²) < 4.78 is 0. The summed E-state index contributed by atoms with van der Waals surface area (Å²) >= 11 is 0. The van der Waals surface area contributed by atoms with Crippen molar-refractivity contribution in [2.75, 3.05) is 9.80 Å². The molecule has 2 aliphatic rings. The number of para-hydroxylation sites is 1. The van der Waals surface area contributed by atoms with Crippen LogP contribution in [0.2, 0.25) is 0 Å². The summed E-state index contributed by atoms with van der Waals surface area (Å²) in [5.41, 5.74) is 2.55. The van der Waals surface area contributed by atoms with Gasteiger partial charge in [0.2, 0.25) is 0 Å². The van der Waals surface area contributed by atoms with Gasteiger partial charge < -0.3 is 4.90 Å². The lowest BCUT2D eigenvalue weighted by molar-refractivity contribution is 0.716. The predicted molar refractivity (Wildman–Crippen MR) is 84.5 cm³/mol. The van der Waals surface area contributed by atoms with Crippen LogP contribution < -0.4 is 9.80 Å². The fourth-order valence-corrected chi connectivity index (χ4v) is 3.39. The zero-order valence-corrected chi connectivity index (χ0v) is 11.8. The van der Waals surface area contributed by atoms with Gasteiger partial charge in [0, 0.05) is 30.7 Å². The SMILES string of the molecule is c1ccc(N2c3nccnc3N3c4ccccc4CC23)nc1.